The molecule has 0 atom stereocenters. The number of carboxylic acid groups (broad SMARTS) is 1. The molecule has 1 aliphatic rings. The molecule has 82 valence electrons. The lowest BCUT2D eigenvalue weighted by Gasteiger charge is -2.22. The Morgan fingerprint density at radius 2 is 2.20 bits per heavy atom. The Labute approximate surface area is 88.9 Å². The molecular weight excluding hydrogens is 192 g/mol. The molecule has 0 aliphatic heterocycles. The van der Waals surface area contributed by atoms with Gasteiger partial charge in [0.1, 0.15) is 6.54 Å². The third-order valence-electron chi connectivity index (χ3n) is 3.07. The minimum Gasteiger partial charge on any atom is -0.480 e. The normalized spacial score (nSPS) is 17.9. The van der Waals surface area contributed by atoms with Crippen LogP contribution in [-0.2, 0) is 11.3 Å². The Hall–Kier alpha value is -1.32. The summed E-state index contributed by atoms with van der Waals surface area (Å²) in [6, 6.07) is 0. The quantitative estimate of drug-likeness (QED) is 0.826. The number of carboxylic acids is 1. The molecular formula is C11H16N2O2. The number of hydrogen-bond donors (Lipinski definition) is 1. The second-order valence-corrected chi connectivity index (χ2v) is 4.18. The molecule has 4 heteroatoms. The minimum atomic E-state index is -0.801. The molecule has 1 aliphatic carbocycles. The van der Waals surface area contributed by atoms with E-state index in [-0.39, 0.29) is 6.54 Å². The van der Waals surface area contributed by atoms with Gasteiger partial charge in [-0.1, -0.05) is 19.3 Å². The molecule has 0 radical (unpaired) electrons. The minimum absolute atomic E-state index is 0.0336. The average molecular weight is 208 g/mol. The first-order valence-electron chi connectivity index (χ1n) is 5.49. The lowest BCUT2D eigenvalue weighted by atomic mass is 9.87. The van der Waals surface area contributed by atoms with E-state index < -0.39 is 5.97 Å². The van der Waals surface area contributed by atoms with Gasteiger partial charge in [0.25, 0.3) is 0 Å². The maximum Gasteiger partial charge on any atom is 0.323 e. The molecule has 0 bridgehead atoms. The van der Waals surface area contributed by atoms with Gasteiger partial charge in [0.15, 0.2) is 0 Å². The van der Waals surface area contributed by atoms with Gasteiger partial charge in [0.05, 0.1) is 6.33 Å². The van der Waals surface area contributed by atoms with E-state index in [4.69, 9.17) is 5.11 Å². The van der Waals surface area contributed by atoms with Crippen molar-refractivity contribution < 1.29 is 9.90 Å². The van der Waals surface area contributed by atoms with Crippen molar-refractivity contribution in [3.63, 3.8) is 0 Å². The lowest BCUT2D eigenvalue weighted by Crippen LogP contribution is -2.14. The van der Waals surface area contributed by atoms with Crippen molar-refractivity contribution in [3.05, 3.63) is 18.2 Å². The molecule has 1 N–H and O–H groups in total. The monoisotopic (exact) mass is 208 g/mol. The van der Waals surface area contributed by atoms with Gasteiger partial charge >= 0.3 is 5.97 Å². The fourth-order valence-electron chi connectivity index (χ4n) is 2.35. The van der Waals surface area contributed by atoms with Crippen molar-refractivity contribution in [2.45, 2.75) is 44.6 Å². The number of aliphatic carboxylic acids is 1. The summed E-state index contributed by atoms with van der Waals surface area (Å²) in [6.07, 6.45) is 9.60. The number of imidazole rings is 1. The zero-order valence-electron chi connectivity index (χ0n) is 8.72. The van der Waals surface area contributed by atoms with Crippen molar-refractivity contribution in [2.24, 2.45) is 0 Å². The van der Waals surface area contributed by atoms with Crippen molar-refractivity contribution in [3.8, 4) is 0 Å². The molecule has 1 aromatic rings. The van der Waals surface area contributed by atoms with Gasteiger partial charge < -0.3 is 9.67 Å². The van der Waals surface area contributed by atoms with Crippen LogP contribution < -0.4 is 0 Å². The van der Waals surface area contributed by atoms with Crippen LogP contribution in [0.4, 0.5) is 0 Å². The first-order chi connectivity index (χ1) is 7.27. The average Bonchev–Trinajstić information content (AvgIpc) is 2.66. The fraction of sp³-hybridized carbons (Fsp3) is 0.636. The molecule has 1 heterocycles. The van der Waals surface area contributed by atoms with E-state index in [1.165, 1.54) is 32.1 Å². The molecule has 0 spiro atoms. The van der Waals surface area contributed by atoms with E-state index in [2.05, 4.69) is 4.98 Å². The number of carbonyl (C=O) groups is 1. The predicted octanol–water partition coefficient (Wildman–Crippen LogP) is 2.02. The second kappa shape index (κ2) is 4.47. The van der Waals surface area contributed by atoms with Crippen LogP contribution in [0.1, 0.15) is 43.7 Å². The summed E-state index contributed by atoms with van der Waals surface area (Å²) in [4.78, 5) is 14.7. The third kappa shape index (κ3) is 2.37. The van der Waals surface area contributed by atoms with Crippen LogP contribution in [0.3, 0.4) is 0 Å². The molecule has 1 fully saturated rings. The molecule has 15 heavy (non-hydrogen) atoms. The zero-order chi connectivity index (χ0) is 10.7. The van der Waals surface area contributed by atoms with Crippen LogP contribution in [0.5, 0.6) is 0 Å². The highest BCUT2D eigenvalue weighted by Crippen LogP contribution is 2.32. The largest absolute Gasteiger partial charge is 0.480 e. The van der Waals surface area contributed by atoms with Crippen LogP contribution in [0.25, 0.3) is 0 Å². The van der Waals surface area contributed by atoms with Gasteiger partial charge in [-0.15, -0.1) is 0 Å². The number of hydrogen-bond acceptors (Lipinski definition) is 2. The Morgan fingerprint density at radius 3 is 2.87 bits per heavy atom. The first-order valence-corrected chi connectivity index (χ1v) is 5.49. The van der Waals surface area contributed by atoms with Gasteiger partial charge in [0, 0.05) is 17.8 Å². The van der Waals surface area contributed by atoms with Crippen LogP contribution in [0.2, 0.25) is 0 Å². The van der Waals surface area contributed by atoms with E-state index in [9.17, 15) is 4.79 Å². The topological polar surface area (TPSA) is 55.1 Å². The SMILES string of the molecule is O=C(O)Cn1cncc1C1CCCCC1. The summed E-state index contributed by atoms with van der Waals surface area (Å²) >= 11 is 0. The van der Waals surface area contributed by atoms with Crippen molar-refractivity contribution in [1.29, 1.82) is 0 Å². The number of rotatable bonds is 3. The molecule has 4 nitrogen and oxygen atoms in total. The lowest BCUT2D eigenvalue weighted by molar-refractivity contribution is -0.137. The molecule has 0 saturated heterocycles. The van der Waals surface area contributed by atoms with Gasteiger partial charge in [-0.3, -0.25) is 4.79 Å². The summed E-state index contributed by atoms with van der Waals surface area (Å²) in [6.45, 7) is 0.0336. The molecule has 1 aromatic heterocycles. The highest BCUT2D eigenvalue weighted by Gasteiger charge is 2.19. The fourth-order valence-corrected chi connectivity index (χ4v) is 2.35. The molecule has 0 aromatic carbocycles. The van der Waals surface area contributed by atoms with Crippen molar-refractivity contribution in [2.75, 3.05) is 0 Å². The Bertz CT molecular complexity index is 340. The van der Waals surface area contributed by atoms with Crippen molar-refractivity contribution >= 4 is 5.97 Å². The van der Waals surface area contributed by atoms with Crippen LogP contribution >= 0.6 is 0 Å². The predicted molar refractivity (Wildman–Crippen MR) is 55.7 cm³/mol. The summed E-state index contributed by atoms with van der Waals surface area (Å²) in [5.41, 5.74) is 1.09. The standard InChI is InChI=1S/C11H16N2O2/c14-11(15)7-13-8-12-6-10(13)9-4-2-1-3-5-9/h6,8-9H,1-5,7H2,(H,14,15). The van der Waals surface area contributed by atoms with Crippen molar-refractivity contribution in [1.82, 2.24) is 9.55 Å². The number of nitrogens with zero attached hydrogens (tertiary/aromatic N) is 2. The highest BCUT2D eigenvalue weighted by atomic mass is 16.4. The first kappa shape index (κ1) is 10.2. The van der Waals surface area contributed by atoms with Crippen LogP contribution in [-0.4, -0.2) is 20.6 Å². The Morgan fingerprint density at radius 1 is 1.47 bits per heavy atom. The summed E-state index contributed by atoms with van der Waals surface area (Å²) < 4.78 is 1.76. The van der Waals surface area contributed by atoms with Crippen LogP contribution in [0, 0.1) is 0 Å². The maximum absolute atomic E-state index is 10.7. The van der Waals surface area contributed by atoms with E-state index in [0.29, 0.717) is 5.92 Å². The van der Waals surface area contributed by atoms with E-state index in [0.717, 1.165) is 5.69 Å². The van der Waals surface area contributed by atoms with Gasteiger partial charge in [0.2, 0.25) is 0 Å². The van der Waals surface area contributed by atoms with E-state index in [1.54, 1.807) is 10.9 Å². The van der Waals surface area contributed by atoms with Gasteiger partial charge in [-0.25, -0.2) is 4.98 Å². The Kier molecular flexibility index (Phi) is 3.04. The Balaban J connectivity index is 2.12. The smallest absolute Gasteiger partial charge is 0.323 e. The number of aromatic nitrogens is 2. The molecule has 1 saturated carbocycles. The van der Waals surface area contributed by atoms with E-state index in [1.807, 2.05) is 6.20 Å². The molecule has 2 rings (SSSR count). The van der Waals surface area contributed by atoms with E-state index >= 15 is 0 Å². The summed E-state index contributed by atoms with van der Waals surface area (Å²) in [5.74, 6) is -0.286. The second-order valence-electron chi connectivity index (χ2n) is 4.18. The third-order valence-corrected chi connectivity index (χ3v) is 3.07. The highest BCUT2D eigenvalue weighted by molar-refractivity contribution is 5.66. The summed E-state index contributed by atoms with van der Waals surface area (Å²) in [7, 11) is 0. The molecule has 0 unspecified atom stereocenters. The summed E-state index contributed by atoms with van der Waals surface area (Å²) in [5, 5.41) is 8.76. The van der Waals surface area contributed by atoms with Crippen LogP contribution in [0.15, 0.2) is 12.5 Å². The maximum atomic E-state index is 10.7. The van der Waals surface area contributed by atoms with Gasteiger partial charge in [-0.05, 0) is 12.8 Å². The zero-order valence-corrected chi connectivity index (χ0v) is 8.72. The molecule has 0 amide bonds. The van der Waals surface area contributed by atoms with Gasteiger partial charge in [-0.2, -0.15) is 0 Å².